The van der Waals surface area contributed by atoms with Gasteiger partial charge >= 0.3 is 0 Å². The molecule has 1 fully saturated rings. The quantitative estimate of drug-likeness (QED) is 0.572. The zero-order valence-corrected chi connectivity index (χ0v) is 7.56. The SMILES string of the molecule is CN(C)C(CCl)C1CCC1. The van der Waals surface area contributed by atoms with E-state index in [1.807, 2.05) is 0 Å². The molecule has 0 radical (unpaired) electrons. The fourth-order valence-electron chi connectivity index (χ4n) is 1.51. The molecular formula is C8H16ClN. The van der Waals surface area contributed by atoms with E-state index in [0.29, 0.717) is 6.04 Å². The average Bonchev–Trinajstić information content (AvgIpc) is 1.76. The van der Waals surface area contributed by atoms with Crippen LogP contribution >= 0.6 is 11.6 Å². The smallest absolute Gasteiger partial charge is 0.0382 e. The molecule has 1 aliphatic carbocycles. The molecule has 1 atom stereocenters. The van der Waals surface area contributed by atoms with E-state index in [-0.39, 0.29) is 0 Å². The summed E-state index contributed by atoms with van der Waals surface area (Å²) in [5.41, 5.74) is 0. The highest BCUT2D eigenvalue weighted by Crippen LogP contribution is 2.31. The van der Waals surface area contributed by atoms with Gasteiger partial charge in [0.1, 0.15) is 0 Å². The molecular weight excluding hydrogens is 146 g/mol. The Bertz CT molecular complexity index is 99.4. The van der Waals surface area contributed by atoms with E-state index in [9.17, 15) is 0 Å². The third kappa shape index (κ3) is 1.64. The first-order valence-corrected chi connectivity index (χ1v) is 4.51. The molecule has 10 heavy (non-hydrogen) atoms. The molecule has 0 bridgehead atoms. The Balaban J connectivity index is 2.31. The van der Waals surface area contributed by atoms with Crippen molar-refractivity contribution in [2.75, 3.05) is 20.0 Å². The highest BCUT2D eigenvalue weighted by molar-refractivity contribution is 6.18. The van der Waals surface area contributed by atoms with Crippen molar-refractivity contribution in [3.05, 3.63) is 0 Å². The number of hydrogen-bond acceptors (Lipinski definition) is 1. The second kappa shape index (κ2) is 3.59. The van der Waals surface area contributed by atoms with E-state index in [0.717, 1.165) is 11.8 Å². The van der Waals surface area contributed by atoms with Gasteiger partial charge in [-0.1, -0.05) is 6.42 Å². The maximum Gasteiger partial charge on any atom is 0.0382 e. The molecule has 0 aromatic heterocycles. The van der Waals surface area contributed by atoms with Gasteiger partial charge < -0.3 is 4.90 Å². The van der Waals surface area contributed by atoms with Crippen LogP contribution in [0.15, 0.2) is 0 Å². The molecule has 0 spiro atoms. The van der Waals surface area contributed by atoms with Crippen molar-refractivity contribution >= 4 is 11.6 Å². The van der Waals surface area contributed by atoms with Gasteiger partial charge in [0, 0.05) is 11.9 Å². The average molecular weight is 162 g/mol. The molecule has 0 amide bonds. The summed E-state index contributed by atoms with van der Waals surface area (Å²) >= 11 is 5.83. The number of hydrogen-bond donors (Lipinski definition) is 0. The van der Waals surface area contributed by atoms with Crippen LogP contribution in [0.3, 0.4) is 0 Å². The number of rotatable bonds is 3. The summed E-state index contributed by atoms with van der Waals surface area (Å²) in [6, 6.07) is 0.621. The minimum atomic E-state index is 0.621. The third-order valence-corrected chi connectivity index (χ3v) is 2.83. The molecule has 1 unspecified atom stereocenters. The molecule has 1 aliphatic rings. The summed E-state index contributed by atoms with van der Waals surface area (Å²) in [6.45, 7) is 0. The van der Waals surface area contributed by atoms with Crippen molar-refractivity contribution < 1.29 is 0 Å². The van der Waals surface area contributed by atoms with Crippen LogP contribution in [0, 0.1) is 5.92 Å². The third-order valence-electron chi connectivity index (χ3n) is 2.52. The molecule has 0 aromatic carbocycles. The Kier molecular flexibility index (Phi) is 2.99. The summed E-state index contributed by atoms with van der Waals surface area (Å²) in [5, 5.41) is 0. The van der Waals surface area contributed by atoms with Crippen LogP contribution in [0.2, 0.25) is 0 Å². The number of alkyl halides is 1. The summed E-state index contributed by atoms with van der Waals surface area (Å²) in [4.78, 5) is 2.25. The van der Waals surface area contributed by atoms with Crippen molar-refractivity contribution in [3.8, 4) is 0 Å². The second-order valence-corrected chi connectivity index (χ2v) is 3.68. The summed E-state index contributed by atoms with van der Waals surface area (Å²) in [7, 11) is 4.23. The Morgan fingerprint density at radius 3 is 2.20 bits per heavy atom. The molecule has 0 heterocycles. The van der Waals surface area contributed by atoms with Crippen LogP contribution in [0.25, 0.3) is 0 Å². The predicted octanol–water partition coefficient (Wildman–Crippen LogP) is 1.96. The van der Waals surface area contributed by atoms with Crippen LogP contribution in [0.1, 0.15) is 19.3 Å². The van der Waals surface area contributed by atoms with E-state index in [1.54, 1.807) is 0 Å². The lowest BCUT2D eigenvalue weighted by atomic mass is 9.80. The predicted molar refractivity (Wildman–Crippen MR) is 45.5 cm³/mol. The highest BCUT2D eigenvalue weighted by atomic mass is 35.5. The van der Waals surface area contributed by atoms with Gasteiger partial charge in [0.15, 0.2) is 0 Å². The molecule has 0 aliphatic heterocycles. The molecule has 0 N–H and O–H groups in total. The molecule has 1 rings (SSSR count). The minimum Gasteiger partial charge on any atom is -0.305 e. The fraction of sp³-hybridized carbons (Fsp3) is 1.00. The van der Waals surface area contributed by atoms with E-state index in [1.165, 1.54) is 19.3 Å². The number of nitrogens with zero attached hydrogens (tertiary/aromatic N) is 1. The van der Waals surface area contributed by atoms with Crippen LogP contribution < -0.4 is 0 Å². The Morgan fingerprint density at radius 1 is 1.50 bits per heavy atom. The highest BCUT2D eigenvalue weighted by Gasteiger charge is 2.27. The van der Waals surface area contributed by atoms with Gasteiger partial charge in [-0.15, -0.1) is 11.6 Å². The maximum atomic E-state index is 5.83. The van der Waals surface area contributed by atoms with Gasteiger partial charge in [0.05, 0.1) is 0 Å². The zero-order valence-electron chi connectivity index (χ0n) is 6.81. The van der Waals surface area contributed by atoms with E-state index >= 15 is 0 Å². The molecule has 0 aromatic rings. The Labute approximate surface area is 68.4 Å². The van der Waals surface area contributed by atoms with Crippen molar-refractivity contribution in [3.63, 3.8) is 0 Å². The van der Waals surface area contributed by atoms with Gasteiger partial charge in [0.2, 0.25) is 0 Å². The standard InChI is InChI=1S/C8H16ClN/c1-10(2)8(6-9)7-4-3-5-7/h7-8H,3-6H2,1-2H3. The lowest BCUT2D eigenvalue weighted by Crippen LogP contribution is -2.39. The molecule has 1 saturated carbocycles. The fourth-order valence-corrected chi connectivity index (χ4v) is 2.04. The van der Waals surface area contributed by atoms with Crippen LogP contribution in [-0.4, -0.2) is 30.9 Å². The van der Waals surface area contributed by atoms with Crippen molar-refractivity contribution in [2.24, 2.45) is 5.92 Å². The lowest BCUT2D eigenvalue weighted by molar-refractivity contribution is 0.158. The topological polar surface area (TPSA) is 3.24 Å². The van der Waals surface area contributed by atoms with Gasteiger partial charge in [-0.25, -0.2) is 0 Å². The second-order valence-electron chi connectivity index (χ2n) is 3.38. The van der Waals surface area contributed by atoms with Crippen molar-refractivity contribution in [1.82, 2.24) is 4.90 Å². The zero-order chi connectivity index (χ0) is 7.56. The normalized spacial score (nSPS) is 22.8. The maximum absolute atomic E-state index is 5.83. The Morgan fingerprint density at radius 2 is 2.10 bits per heavy atom. The Hall–Kier alpha value is 0.250. The van der Waals surface area contributed by atoms with Gasteiger partial charge in [-0.2, -0.15) is 0 Å². The first-order chi connectivity index (χ1) is 4.75. The summed E-state index contributed by atoms with van der Waals surface area (Å²) < 4.78 is 0. The summed E-state index contributed by atoms with van der Waals surface area (Å²) in [5.74, 6) is 1.67. The van der Waals surface area contributed by atoms with Gasteiger partial charge in [-0.3, -0.25) is 0 Å². The van der Waals surface area contributed by atoms with Crippen molar-refractivity contribution in [1.29, 1.82) is 0 Å². The molecule has 2 heteroatoms. The van der Waals surface area contributed by atoms with Gasteiger partial charge in [-0.05, 0) is 32.9 Å². The molecule has 1 nitrogen and oxygen atoms in total. The molecule has 60 valence electrons. The molecule has 0 saturated heterocycles. The summed E-state index contributed by atoms with van der Waals surface area (Å²) in [6.07, 6.45) is 4.18. The van der Waals surface area contributed by atoms with Crippen molar-refractivity contribution in [2.45, 2.75) is 25.3 Å². The van der Waals surface area contributed by atoms with Crippen LogP contribution in [0.5, 0.6) is 0 Å². The first kappa shape index (κ1) is 8.35. The van der Waals surface area contributed by atoms with Gasteiger partial charge in [0.25, 0.3) is 0 Å². The van der Waals surface area contributed by atoms with E-state index in [4.69, 9.17) is 11.6 Å². The largest absolute Gasteiger partial charge is 0.305 e. The van der Waals surface area contributed by atoms with E-state index in [2.05, 4.69) is 19.0 Å². The van der Waals surface area contributed by atoms with Crippen LogP contribution in [-0.2, 0) is 0 Å². The van der Waals surface area contributed by atoms with Crippen LogP contribution in [0.4, 0.5) is 0 Å². The lowest BCUT2D eigenvalue weighted by Gasteiger charge is -2.36. The number of halogens is 1. The monoisotopic (exact) mass is 161 g/mol. The van der Waals surface area contributed by atoms with E-state index < -0.39 is 0 Å². The minimum absolute atomic E-state index is 0.621. The first-order valence-electron chi connectivity index (χ1n) is 3.98.